The molecule has 8 heteroatoms. The fourth-order valence-corrected chi connectivity index (χ4v) is 2.56. The number of methoxy groups -OCH3 is 1. The molecule has 0 radical (unpaired) electrons. The second kappa shape index (κ2) is 8.77. The van der Waals surface area contributed by atoms with Crippen molar-refractivity contribution in [2.75, 3.05) is 7.11 Å². The second-order valence-electron chi connectivity index (χ2n) is 6.20. The van der Waals surface area contributed by atoms with Crippen LogP contribution in [0.3, 0.4) is 0 Å². The van der Waals surface area contributed by atoms with Crippen molar-refractivity contribution in [1.29, 1.82) is 0 Å². The molecule has 0 saturated carbocycles. The molecule has 0 unspecified atom stereocenters. The highest BCUT2D eigenvalue weighted by Crippen LogP contribution is 2.31. The van der Waals surface area contributed by atoms with E-state index in [4.69, 9.17) is 13.9 Å². The number of benzene rings is 2. The normalized spacial score (nSPS) is 11.6. The molecule has 30 heavy (non-hydrogen) atoms. The number of phenolic OH excluding ortho intramolecular Hbond substituents is 1. The Balaban J connectivity index is 1.62. The van der Waals surface area contributed by atoms with Gasteiger partial charge in [-0.15, -0.1) is 0 Å². The molecule has 1 N–H and O–H groups in total. The van der Waals surface area contributed by atoms with Crippen molar-refractivity contribution in [1.82, 2.24) is 0 Å². The van der Waals surface area contributed by atoms with E-state index in [-0.39, 0.29) is 29.6 Å². The standard InChI is InChI=1S/C22H17F3O5/c1-28-21-11-14(5-9-20(21)27)19(26)10-8-16-6-7-18(30-16)13-29-17-4-2-3-15(12-17)22(23,24)25/h2-12,27H,13H2,1H3/b10-8+. The number of furan rings is 1. The number of allylic oxidation sites excluding steroid dienone is 1. The third-order valence-electron chi connectivity index (χ3n) is 4.09. The Kier molecular flexibility index (Phi) is 6.15. The van der Waals surface area contributed by atoms with E-state index in [9.17, 15) is 23.1 Å². The lowest BCUT2D eigenvalue weighted by molar-refractivity contribution is -0.137. The number of phenols is 1. The monoisotopic (exact) mass is 418 g/mol. The Morgan fingerprint density at radius 1 is 1.13 bits per heavy atom. The lowest BCUT2D eigenvalue weighted by atomic mass is 10.1. The number of carbonyl (C=O) groups is 1. The fourth-order valence-electron chi connectivity index (χ4n) is 2.56. The Labute approximate surface area is 170 Å². The van der Waals surface area contributed by atoms with Crippen LogP contribution in [0.4, 0.5) is 13.2 Å². The summed E-state index contributed by atoms with van der Waals surface area (Å²) in [5.41, 5.74) is -0.479. The van der Waals surface area contributed by atoms with Crippen LogP contribution in [0, 0.1) is 0 Å². The molecule has 0 bridgehead atoms. The lowest BCUT2D eigenvalue weighted by Gasteiger charge is -2.09. The summed E-state index contributed by atoms with van der Waals surface area (Å²) in [4.78, 5) is 12.2. The van der Waals surface area contributed by atoms with Crippen LogP contribution in [-0.2, 0) is 12.8 Å². The Morgan fingerprint density at radius 3 is 2.67 bits per heavy atom. The quantitative estimate of drug-likeness (QED) is 0.406. The minimum absolute atomic E-state index is 0.0646. The second-order valence-corrected chi connectivity index (χ2v) is 6.20. The van der Waals surface area contributed by atoms with Crippen LogP contribution in [0.1, 0.15) is 27.4 Å². The number of carbonyl (C=O) groups excluding carboxylic acids is 1. The average Bonchev–Trinajstić information content (AvgIpc) is 3.18. The van der Waals surface area contributed by atoms with E-state index in [0.29, 0.717) is 17.1 Å². The number of halogens is 3. The molecular weight excluding hydrogens is 401 g/mol. The van der Waals surface area contributed by atoms with Crippen LogP contribution < -0.4 is 9.47 Å². The molecule has 3 rings (SSSR count). The summed E-state index contributed by atoms with van der Waals surface area (Å²) in [7, 11) is 1.38. The van der Waals surface area contributed by atoms with Crippen LogP contribution in [0.25, 0.3) is 6.08 Å². The van der Waals surface area contributed by atoms with Gasteiger partial charge in [0.1, 0.15) is 23.9 Å². The molecule has 1 aromatic heterocycles. The van der Waals surface area contributed by atoms with Gasteiger partial charge in [-0.2, -0.15) is 13.2 Å². The number of aromatic hydroxyl groups is 1. The van der Waals surface area contributed by atoms with Crippen LogP contribution >= 0.6 is 0 Å². The molecule has 156 valence electrons. The van der Waals surface area contributed by atoms with Crippen molar-refractivity contribution in [3.63, 3.8) is 0 Å². The third kappa shape index (κ3) is 5.22. The number of hydrogen-bond acceptors (Lipinski definition) is 5. The van der Waals surface area contributed by atoms with E-state index < -0.39 is 11.7 Å². The van der Waals surface area contributed by atoms with E-state index in [0.717, 1.165) is 12.1 Å². The first-order valence-corrected chi connectivity index (χ1v) is 8.74. The third-order valence-corrected chi connectivity index (χ3v) is 4.09. The summed E-state index contributed by atoms with van der Waals surface area (Å²) >= 11 is 0. The molecule has 0 aliphatic rings. The van der Waals surface area contributed by atoms with Crippen LogP contribution in [0.5, 0.6) is 17.2 Å². The van der Waals surface area contributed by atoms with Gasteiger partial charge in [0.25, 0.3) is 0 Å². The van der Waals surface area contributed by atoms with E-state index in [2.05, 4.69) is 0 Å². The van der Waals surface area contributed by atoms with Gasteiger partial charge in [0.2, 0.25) is 0 Å². The van der Waals surface area contributed by atoms with Crippen molar-refractivity contribution >= 4 is 11.9 Å². The van der Waals surface area contributed by atoms with Crippen molar-refractivity contribution < 1.29 is 37.0 Å². The molecule has 0 amide bonds. The summed E-state index contributed by atoms with van der Waals surface area (Å²) in [6, 6.07) is 12.0. The van der Waals surface area contributed by atoms with Gasteiger partial charge in [-0.1, -0.05) is 6.07 Å². The summed E-state index contributed by atoms with van der Waals surface area (Å²) in [5.74, 6) is 0.597. The molecule has 0 aliphatic heterocycles. The Bertz CT molecular complexity index is 1070. The molecule has 3 aromatic rings. The Morgan fingerprint density at radius 2 is 1.93 bits per heavy atom. The molecule has 0 atom stereocenters. The lowest BCUT2D eigenvalue weighted by Crippen LogP contribution is -2.05. The van der Waals surface area contributed by atoms with Crippen molar-refractivity contribution in [3.05, 3.63) is 83.3 Å². The van der Waals surface area contributed by atoms with Crippen LogP contribution in [0.15, 0.2) is 65.1 Å². The predicted octanol–water partition coefficient (Wildman–Crippen LogP) is 5.49. The number of hydrogen-bond donors (Lipinski definition) is 1. The van der Waals surface area contributed by atoms with E-state index >= 15 is 0 Å². The fraction of sp³-hybridized carbons (Fsp3) is 0.136. The molecule has 0 saturated heterocycles. The summed E-state index contributed by atoms with van der Waals surface area (Å²) in [6.45, 7) is -0.0712. The first-order valence-electron chi connectivity index (χ1n) is 8.74. The highest BCUT2D eigenvalue weighted by atomic mass is 19.4. The molecule has 5 nitrogen and oxygen atoms in total. The topological polar surface area (TPSA) is 68.9 Å². The predicted molar refractivity (Wildman–Crippen MR) is 103 cm³/mol. The molecule has 0 spiro atoms. The largest absolute Gasteiger partial charge is 0.504 e. The molecule has 0 fully saturated rings. The molecule has 1 heterocycles. The summed E-state index contributed by atoms with van der Waals surface area (Å²) < 4.78 is 54.0. The van der Waals surface area contributed by atoms with E-state index in [1.165, 1.54) is 49.6 Å². The average molecular weight is 418 g/mol. The van der Waals surface area contributed by atoms with Gasteiger partial charge in [-0.25, -0.2) is 0 Å². The van der Waals surface area contributed by atoms with Crippen LogP contribution in [-0.4, -0.2) is 18.0 Å². The van der Waals surface area contributed by atoms with Crippen molar-refractivity contribution in [2.24, 2.45) is 0 Å². The minimum atomic E-state index is -4.45. The zero-order valence-electron chi connectivity index (χ0n) is 15.8. The van der Waals surface area contributed by atoms with Gasteiger partial charge >= 0.3 is 6.18 Å². The van der Waals surface area contributed by atoms with E-state index in [1.807, 2.05) is 0 Å². The van der Waals surface area contributed by atoms with Gasteiger partial charge in [-0.05, 0) is 60.7 Å². The minimum Gasteiger partial charge on any atom is -0.504 e. The summed E-state index contributed by atoms with van der Waals surface area (Å²) in [6.07, 6.45) is -1.70. The first-order chi connectivity index (χ1) is 14.3. The molecule has 2 aromatic carbocycles. The molecule has 0 aliphatic carbocycles. The van der Waals surface area contributed by atoms with Crippen molar-refractivity contribution in [2.45, 2.75) is 12.8 Å². The maximum Gasteiger partial charge on any atom is 0.416 e. The SMILES string of the molecule is COc1cc(C(=O)/C=C/c2ccc(COc3cccc(C(F)(F)F)c3)o2)ccc1O. The van der Waals surface area contributed by atoms with Gasteiger partial charge < -0.3 is 19.0 Å². The van der Waals surface area contributed by atoms with Gasteiger partial charge in [0.15, 0.2) is 17.3 Å². The van der Waals surface area contributed by atoms with Crippen LogP contribution in [0.2, 0.25) is 0 Å². The Hall–Kier alpha value is -3.68. The number of ether oxygens (including phenoxy) is 2. The zero-order chi connectivity index (χ0) is 21.7. The summed E-state index contributed by atoms with van der Waals surface area (Å²) in [5, 5.41) is 9.58. The maximum absolute atomic E-state index is 12.7. The number of alkyl halides is 3. The smallest absolute Gasteiger partial charge is 0.416 e. The highest BCUT2D eigenvalue weighted by molar-refractivity contribution is 6.07. The highest BCUT2D eigenvalue weighted by Gasteiger charge is 2.30. The number of ketones is 1. The van der Waals surface area contributed by atoms with E-state index in [1.54, 1.807) is 12.1 Å². The molecular formula is C22H17F3O5. The number of rotatable bonds is 7. The zero-order valence-corrected chi connectivity index (χ0v) is 15.8. The first kappa shape index (κ1) is 21.0. The van der Waals surface area contributed by atoms with Gasteiger partial charge in [0, 0.05) is 5.56 Å². The maximum atomic E-state index is 12.7. The van der Waals surface area contributed by atoms with Crippen molar-refractivity contribution in [3.8, 4) is 17.2 Å². The van der Waals surface area contributed by atoms with Gasteiger partial charge in [0.05, 0.1) is 12.7 Å². The van der Waals surface area contributed by atoms with Gasteiger partial charge in [-0.3, -0.25) is 4.79 Å².